The van der Waals surface area contributed by atoms with Crippen molar-refractivity contribution in [3.63, 3.8) is 0 Å². The van der Waals surface area contributed by atoms with Crippen LogP contribution in [0.25, 0.3) is 0 Å². The van der Waals surface area contributed by atoms with Gasteiger partial charge in [0.05, 0.1) is 32.3 Å². The van der Waals surface area contributed by atoms with E-state index in [-0.39, 0.29) is 24.5 Å². The number of nitrogens with one attached hydrogen (secondary N) is 1. The first-order chi connectivity index (χ1) is 7.54. The van der Waals surface area contributed by atoms with Gasteiger partial charge >= 0.3 is 5.97 Å². The molecule has 3 atom stereocenters. The highest BCUT2D eigenvalue weighted by Crippen LogP contribution is 2.18. The highest BCUT2D eigenvalue weighted by Gasteiger charge is 2.28. The fourth-order valence-electron chi connectivity index (χ4n) is 1.56. The van der Waals surface area contributed by atoms with E-state index < -0.39 is 12.1 Å². The lowest BCUT2D eigenvalue weighted by Crippen LogP contribution is -2.40. The Kier molecular flexibility index (Phi) is 4.70. The van der Waals surface area contributed by atoms with Gasteiger partial charge < -0.3 is 19.9 Å². The van der Waals surface area contributed by atoms with Crippen molar-refractivity contribution < 1.29 is 24.2 Å². The molecule has 3 unspecified atom stereocenters. The lowest BCUT2D eigenvalue weighted by atomic mass is 10.1. The highest BCUT2D eigenvalue weighted by atomic mass is 16.5. The van der Waals surface area contributed by atoms with Crippen molar-refractivity contribution >= 4 is 11.9 Å². The minimum Gasteiger partial charge on any atom is -0.467 e. The first-order valence-corrected chi connectivity index (χ1v) is 5.19. The molecule has 0 bridgehead atoms. The number of aliphatic hydroxyl groups excluding tert-OH is 1. The van der Waals surface area contributed by atoms with Crippen molar-refractivity contribution in [1.29, 1.82) is 0 Å². The highest BCUT2D eigenvalue weighted by molar-refractivity contribution is 5.80. The Bertz CT molecular complexity index is 268. The summed E-state index contributed by atoms with van der Waals surface area (Å²) in [7, 11) is 1.18. The second-order valence-electron chi connectivity index (χ2n) is 3.86. The van der Waals surface area contributed by atoms with Gasteiger partial charge in [0.15, 0.2) is 6.10 Å². The van der Waals surface area contributed by atoms with Gasteiger partial charge in [-0.3, -0.25) is 4.79 Å². The molecule has 1 heterocycles. The first-order valence-electron chi connectivity index (χ1n) is 5.19. The van der Waals surface area contributed by atoms with Crippen molar-refractivity contribution in [3.05, 3.63) is 0 Å². The lowest BCUT2D eigenvalue weighted by molar-refractivity contribution is -0.150. The predicted octanol–water partition coefficient (Wildman–Crippen LogP) is -0.938. The van der Waals surface area contributed by atoms with E-state index in [0.717, 1.165) is 0 Å². The van der Waals surface area contributed by atoms with Gasteiger partial charge in [-0.05, 0) is 13.3 Å². The average Bonchev–Trinajstić information content (AvgIpc) is 2.71. The molecule has 0 aromatic rings. The van der Waals surface area contributed by atoms with Crippen LogP contribution in [0.1, 0.15) is 13.3 Å². The number of methoxy groups -OCH3 is 1. The molecular weight excluding hydrogens is 214 g/mol. The summed E-state index contributed by atoms with van der Waals surface area (Å²) in [5, 5.41) is 11.7. The molecule has 1 rings (SSSR count). The summed E-state index contributed by atoms with van der Waals surface area (Å²) in [6.07, 6.45) is -0.560. The van der Waals surface area contributed by atoms with Crippen molar-refractivity contribution in [2.24, 2.45) is 5.92 Å². The Balaban J connectivity index is 2.27. The monoisotopic (exact) mass is 231 g/mol. The third-order valence-electron chi connectivity index (χ3n) is 2.51. The Morgan fingerprint density at radius 1 is 1.62 bits per heavy atom. The molecule has 1 aliphatic rings. The summed E-state index contributed by atoms with van der Waals surface area (Å²) in [5.74, 6) is -1.15. The Morgan fingerprint density at radius 2 is 2.31 bits per heavy atom. The van der Waals surface area contributed by atoms with Crippen LogP contribution in [-0.2, 0) is 19.1 Å². The number of rotatable bonds is 4. The molecule has 92 valence electrons. The van der Waals surface area contributed by atoms with Crippen molar-refractivity contribution in [2.45, 2.75) is 25.6 Å². The molecule has 1 saturated heterocycles. The van der Waals surface area contributed by atoms with Crippen LogP contribution in [0.3, 0.4) is 0 Å². The average molecular weight is 231 g/mol. The summed E-state index contributed by atoms with van der Waals surface area (Å²) in [6.45, 7) is 2.16. The second-order valence-corrected chi connectivity index (χ2v) is 3.86. The number of ether oxygens (including phenoxy) is 2. The topological polar surface area (TPSA) is 84.9 Å². The number of carbonyl (C=O) groups excluding carboxylic acids is 2. The van der Waals surface area contributed by atoms with Gasteiger partial charge in [-0.15, -0.1) is 0 Å². The van der Waals surface area contributed by atoms with Gasteiger partial charge in [0, 0.05) is 0 Å². The molecular formula is C10H17NO5. The lowest BCUT2D eigenvalue weighted by Gasteiger charge is -2.12. The quantitative estimate of drug-likeness (QED) is 0.610. The maximum Gasteiger partial charge on any atom is 0.336 e. The minimum absolute atomic E-state index is 0.0845. The largest absolute Gasteiger partial charge is 0.467 e. The third-order valence-corrected chi connectivity index (χ3v) is 2.51. The second kappa shape index (κ2) is 5.81. The summed E-state index contributed by atoms with van der Waals surface area (Å²) in [6, 6.07) is 0. The molecule has 6 heteroatoms. The molecule has 0 radical (unpaired) electrons. The molecule has 0 aliphatic carbocycles. The fraction of sp³-hybridized carbons (Fsp3) is 0.800. The Morgan fingerprint density at radius 3 is 2.81 bits per heavy atom. The van der Waals surface area contributed by atoms with Crippen molar-refractivity contribution in [2.75, 3.05) is 20.3 Å². The molecule has 1 amide bonds. The van der Waals surface area contributed by atoms with Crippen LogP contribution in [0.4, 0.5) is 0 Å². The van der Waals surface area contributed by atoms with Crippen molar-refractivity contribution in [1.82, 2.24) is 5.32 Å². The maximum atomic E-state index is 11.6. The van der Waals surface area contributed by atoms with E-state index in [0.29, 0.717) is 13.0 Å². The number of aliphatic hydroxyl groups is 1. The van der Waals surface area contributed by atoms with E-state index in [2.05, 4.69) is 10.1 Å². The third kappa shape index (κ3) is 3.46. The molecule has 0 aromatic heterocycles. The van der Waals surface area contributed by atoms with Crippen LogP contribution in [0, 0.1) is 5.92 Å². The van der Waals surface area contributed by atoms with Gasteiger partial charge in [0.2, 0.25) is 5.91 Å². The summed E-state index contributed by atoms with van der Waals surface area (Å²) in [4.78, 5) is 22.4. The maximum absolute atomic E-state index is 11.6. The molecule has 0 saturated carbocycles. The SMILES string of the molecule is COC(=O)C(O)CNC(=O)C1COC(C)C1. The van der Waals surface area contributed by atoms with Crippen LogP contribution in [0.5, 0.6) is 0 Å². The number of hydrogen-bond donors (Lipinski definition) is 2. The van der Waals surface area contributed by atoms with Crippen LogP contribution < -0.4 is 5.32 Å². The van der Waals surface area contributed by atoms with Crippen LogP contribution in [0.15, 0.2) is 0 Å². The zero-order valence-corrected chi connectivity index (χ0v) is 9.43. The smallest absolute Gasteiger partial charge is 0.336 e. The number of hydrogen-bond acceptors (Lipinski definition) is 5. The normalized spacial score (nSPS) is 26.2. The van der Waals surface area contributed by atoms with Gasteiger partial charge in [-0.25, -0.2) is 4.79 Å². The van der Waals surface area contributed by atoms with E-state index in [1.165, 1.54) is 7.11 Å². The molecule has 1 aliphatic heterocycles. The number of esters is 1. The van der Waals surface area contributed by atoms with E-state index in [9.17, 15) is 14.7 Å². The van der Waals surface area contributed by atoms with Gasteiger partial charge in [0.1, 0.15) is 0 Å². The van der Waals surface area contributed by atoms with Crippen LogP contribution in [-0.4, -0.2) is 49.5 Å². The molecule has 16 heavy (non-hydrogen) atoms. The molecule has 0 spiro atoms. The first kappa shape index (κ1) is 12.9. The zero-order valence-electron chi connectivity index (χ0n) is 9.43. The van der Waals surface area contributed by atoms with E-state index >= 15 is 0 Å². The molecule has 2 N–H and O–H groups in total. The van der Waals surface area contributed by atoms with E-state index in [1.54, 1.807) is 0 Å². The zero-order chi connectivity index (χ0) is 12.1. The number of carbonyl (C=O) groups is 2. The van der Waals surface area contributed by atoms with Gasteiger partial charge in [-0.2, -0.15) is 0 Å². The fourth-order valence-corrected chi connectivity index (χ4v) is 1.56. The predicted molar refractivity (Wildman–Crippen MR) is 54.6 cm³/mol. The van der Waals surface area contributed by atoms with E-state index in [4.69, 9.17) is 4.74 Å². The van der Waals surface area contributed by atoms with Gasteiger partial charge in [0.25, 0.3) is 0 Å². The molecule has 6 nitrogen and oxygen atoms in total. The van der Waals surface area contributed by atoms with Crippen LogP contribution in [0.2, 0.25) is 0 Å². The summed E-state index contributed by atoms with van der Waals surface area (Å²) >= 11 is 0. The van der Waals surface area contributed by atoms with Crippen molar-refractivity contribution in [3.8, 4) is 0 Å². The summed E-state index contributed by atoms with van der Waals surface area (Å²) < 4.78 is 9.57. The molecule has 1 fully saturated rings. The Hall–Kier alpha value is -1.14. The standard InChI is InChI=1S/C10H17NO5/c1-6-3-7(5-16-6)9(13)11-4-8(12)10(14)15-2/h6-8,12H,3-5H2,1-2H3,(H,11,13). The Labute approximate surface area is 93.9 Å². The van der Waals surface area contributed by atoms with E-state index in [1.807, 2.05) is 6.92 Å². The minimum atomic E-state index is -1.31. The number of amides is 1. The van der Waals surface area contributed by atoms with Gasteiger partial charge in [-0.1, -0.05) is 0 Å². The molecule has 0 aromatic carbocycles. The van der Waals surface area contributed by atoms with Crippen LogP contribution >= 0.6 is 0 Å². The summed E-state index contributed by atoms with van der Waals surface area (Å²) in [5.41, 5.74) is 0.